The monoisotopic (exact) mass is 257 g/mol. The highest BCUT2D eigenvalue weighted by Gasteiger charge is 2.22. The van der Waals surface area contributed by atoms with E-state index in [1.54, 1.807) is 0 Å². The molecule has 19 heavy (non-hydrogen) atoms. The molecule has 2 atom stereocenters. The summed E-state index contributed by atoms with van der Waals surface area (Å²) in [6, 6.07) is 12.6. The van der Waals surface area contributed by atoms with Gasteiger partial charge in [0.05, 0.1) is 12.7 Å². The molecule has 1 heterocycles. The molecule has 1 aliphatic rings. The van der Waals surface area contributed by atoms with Gasteiger partial charge in [0.25, 0.3) is 0 Å². The molecule has 3 rings (SSSR count). The number of hydrogen-bond donors (Lipinski definition) is 3. The molecule has 1 fully saturated rings. The van der Waals surface area contributed by atoms with Crippen LogP contribution >= 0.6 is 0 Å². The van der Waals surface area contributed by atoms with Crippen LogP contribution in [0.5, 0.6) is 0 Å². The summed E-state index contributed by atoms with van der Waals surface area (Å²) in [5.74, 6) is 0. The van der Waals surface area contributed by atoms with Gasteiger partial charge in [0.15, 0.2) is 0 Å². The summed E-state index contributed by atoms with van der Waals surface area (Å²) >= 11 is 0. The summed E-state index contributed by atoms with van der Waals surface area (Å²) in [6.45, 7) is 0.762. The van der Waals surface area contributed by atoms with Gasteiger partial charge in [0.1, 0.15) is 0 Å². The van der Waals surface area contributed by atoms with Crippen molar-refractivity contribution in [2.75, 3.05) is 6.54 Å². The fourth-order valence-corrected chi connectivity index (χ4v) is 2.96. The topological polar surface area (TPSA) is 52.5 Å². The molecule has 0 spiro atoms. The van der Waals surface area contributed by atoms with Crippen LogP contribution in [0.1, 0.15) is 17.5 Å². The van der Waals surface area contributed by atoms with Crippen LogP contribution in [0.3, 0.4) is 0 Å². The van der Waals surface area contributed by atoms with Crippen LogP contribution in [0, 0.1) is 0 Å². The highest BCUT2D eigenvalue weighted by atomic mass is 16.3. The van der Waals surface area contributed by atoms with Gasteiger partial charge in [0.2, 0.25) is 0 Å². The van der Waals surface area contributed by atoms with E-state index in [0.717, 1.165) is 23.8 Å². The Morgan fingerprint density at radius 2 is 1.74 bits per heavy atom. The first-order valence-corrected chi connectivity index (χ1v) is 6.79. The molecule has 3 heteroatoms. The van der Waals surface area contributed by atoms with E-state index < -0.39 is 0 Å². The Hall–Kier alpha value is -1.42. The summed E-state index contributed by atoms with van der Waals surface area (Å²) in [4.78, 5) is 0. The largest absolute Gasteiger partial charge is 0.392 e. The molecule has 0 radical (unpaired) electrons. The third kappa shape index (κ3) is 2.50. The van der Waals surface area contributed by atoms with Crippen LogP contribution in [0.2, 0.25) is 0 Å². The highest BCUT2D eigenvalue weighted by Crippen LogP contribution is 2.25. The van der Waals surface area contributed by atoms with Crippen molar-refractivity contribution in [1.29, 1.82) is 0 Å². The number of hydrogen-bond acceptors (Lipinski definition) is 3. The lowest BCUT2D eigenvalue weighted by atomic mass is 9.95. The molecule has 0 saturated carbocycles. The molecule has 1 saturated heterocycles. The first-order chi connectivity index (χ1) is 9.28. The molecule has 1 aliphatic heterocycles. The van der Waals surface area contributed by atoms with Crippen molar-refractivity contribution < 1.29 is 10.2 Å². The zero-order valence-corrected chi connectivity index (χ0v) is 10.8. The average molecular weight is 257 g/mol. The summed E-state index contributed by atoms with van der Waals surface area (Å²) < 4.78 is 0. The Kier molecular flexibility index (Phi) is 3.51. The highest BCUT2D eigenvalue weighted by molar-refractivity contribution is 5.88. The van der Waals surface area contributed by atoms with E-state index in [9.17, 15) is 10.2 Å². The number of aliphatic hydroxyl groups excluding tert-OH is 2. The van der Waals surface area contributed by atoms with Crippen LogP contribution in [0.15, 0.2) is 36.4 Å². The van der Waals surface area contributed by atoms with Gasteiger partial charge in [-0.1, -0.05) is 36.4 Å². The maximum atomic E-state index is 9.58. The summed E-state index contributed by atoms with van der Waals surface area (Å²) in [7, 11) is 0. The molecule has 0 amide bonds. The zero-order valence-electron chi connectivity index (χ0n) is 10.8. The Bertz CT molecular complexity index is 582. The number of aliphatic hydroxyl groups is 2. The number of nitrogens with one attached hydrogen (secondary N) is 1. The quantitative estimate of drug-likeness (QED) is 0.783. The van der Waals surface area contributed by atoms with Gasteiger partial charge in [0, 0.05) is 12.6 Å². The SMILES string of the molecule is OCc1ccc(C[C@@H]2C[C@@H](O)CN2)c2ccccc12. The maximum absolute atomic E-state index is 9.58. The molecule has 2 aromatic carbocycles. The normalized spacial score (nSPS) is 23.1. The van der Waals surface area contributed by atoms with Crippen LogP contribution < -0.4 is 5.32 Å². The van der Waals surface area contributed by atoms with E-state index in [1.165, 1.54) is 10.9 Å². The molecule has 0 aliphatic carbocycles. The van der Waals surface area contributed by atoms with Crippen LogP contribution in [0.25, 0.3) is 10.8 Å². The molecule has 3 N–H and O–H groups in total. The van der Waals surface area contributed by atoms with Crippen molar-refractivity contribution in [1.82, 2.24) is 5.32 Å². The molecular formula is C16H19NO2. The zero-order chi connectivity index (χ0) is 13.2. The minimum Gasteiger partial charge on any atom is -0.392 e. The van der Waals surface area contributed by atoms with Gasteiger partial charge in [-0.2, -0.15) is 0 Å². The molecule has 0 bridgehead atoms. The van der Waals surface area contributed by atoms with Gasteiger partial charge in [-0.15, -0.1) is 0 Å². The summed E-state index contributed by atoms with van der Waals surface area (Å²) in [5.41, 5.74) is 2.25. The van der Waals surface area contributed by atoms with E-state index in [0.29, 0.717) is 12.6 Å². The lowest BCUT2D eigenvalue weighted by Crippen LogP contribution is -2.23. The fraction of sp³-hybridized carbons (Fsp3) is 0.375. The van der Waals surface area contributed by atoms with E-state index in [2.05, 4.69) is 23.5 Å². The van der Waals surface area contributed by atoms with Crippen molar-refractivity contribution >= 4 is 10.8 Å². The number of benzene rings is 2. The third-order valence-electron chi connectivity index (χ3n) is 3.94. The smallest absolute Gasteiger partial charge is 0.0687 e. The fourth-order valence-electron chi connectivity index (χ4n) is 2.96. The maximum Gasteiger partial charge on any atom is 0.0687 e. The van der Waals surface area contributed by atoms with E-state index >= 15 is 0 Å². The lowest BCUT2D eigenvalue weighted by Gasteiger charge is -2.14. The third-order valence-corrected chi connectivity index (χ3v) is 3.94. The number of fused-ring (bicyclic) bond motifs is 1. The van der Waals surface area contributed by atoms with Gasteiger partial charge in [-0.05, 0) is 34.7 Å². The van der Waals surface area contributed by atoms with Crippen molar-refractivity contribution in [2.45, 2.75) is 31.6 Å². The molecule has 0 aromatic heterocycles. The van der Waals surface area contributed by atoms with Crippen LogP contribution in [-0.4, -0.2) is 28.9 Å². The molecular weight excluding hydrogens is 238 g/mol. The molecule has 3 nitrogen and oxygen atoms in total. The van der Waals surface area contributed by atoms with E-state index in [1.807, 2.05) is 18.2 Å². The second-order valence-corrected chi connectivity index (χ2v) is 5.29. The first-order valence-electron chi connectivity index (χ1n) is 6.79. The van der Waals surface area contributed by atoms with Gasteiger partial charge in [-0.3, -0.25) is 0 Å². The second kappa shape index (κ2) is 5.29. The van der Waals surface area contributed by atoms with Crippen LogP contribution in [-0.2, 0) is 13.0 Å². The Balaban J connectivity index is 1.95. The van der Waals surface area contributed by atoms with Crippen LogP contribution in [0.4, 0.5) is 0 Å². The predicted octanol–water partition coefficient (Wildman–Crippen LogP) is 1.60. The van der Waals surface area contributed by atoms with E-state index in [4.69, 9.17) is 0 Å². The van der Waals surface area contributed by atoms with Crippen molar-refractivity contribution in [3.8, 4) is 0 Å². The number of rotatable bonds is 3. The van der Waals surface area contributed by atoms with Crippen molar-refractivity contribution in [3.05, 3.63) is 47.5 Å². The lowest BCUT2D eigenvalue weighted by molar-refractivity contribution is 0.193. The number of β-amino-alcohol motifs (C(OH)–C–C–N with tert-alkyl or cyclic N) is 1. The average Bonchev–Trinajstić information content (AvgIpc) is 2.85. The van der Waals surface area contributed by atoms with Crippen molar-refractivity contribution in [3.63, 3.8) is 0 Å². The first kappa shape index (κ1) is 12.6. The second-order valence-electron chi connectivity index (χ2n) is 5.29. The molecule has 100 valence electrons. The van der Waals surface area contributed by atoms with Gasteiger partial charge in [-0.25, -0.2) is 0 Å². The predicted molar refractivity (Wildman–Crippen MR) is 76.0 cm³/mol. The standard InChI is InChI=1S/C16H19NO2/c18-10-12-6-5-11(7-13-8-14(19)9-17-13)15-3-1-2-4-16(12)15/h1-6,13-14,17-19H,7-10H2/t13-,14-/m1/s1. The summed E-state index contributed by atoms with van der Waals surface area (Å²) in [6.07, 6.45) is 1.52. The molecule has 2 aromatic rings. The Morgan fingerprint density at radius 3 is 2.37 bits per heavy atom. The minimum absolute atomic E-state index is 0.0706. The Morgan fingerprint density at radius 1 is 1.05 bits per heavy atom. The Labute approximate surface area is 112 Å². The van der Waals surface area contributed by atoms with Crippen molar-refractivity contribution in [2.24, 2.45) is 0 Å². The van der Waals surface area contributed by atoms with E-state index in [-0.39, 0.29) is 12.7 Å². The van der Waals surface area contributed by atoms with Gasteiger partial charge < -0.3 is 15.5 Å². The minimum atomic E-state index is -0.215. The summed E-state index contributed by atoms with van der Waals surface area (Å²) in [5, 5.41) is 24.7. The van der Waals surface area contributed by atoms with Gasteiger partial charge >= 0.3 is 0 Å². The molecule has 0 unspecified atom stereocenters.